The molecule has 0 aliphatic carbocycles. The van der Waals surface area contributed by atoms with Gasteiger partial charge in [0.15, 0.2) is 0 Å². The summed E-state index contributed by atoms with van der Waals surface area (Å²) < 4.78 is 5.13. The zero-order chi connectivity index (χ0) is 13.6. The van der Waals surface area contributed by atoms with Crippen molar-refractivity contribution >= 4 is 5.97 Å². The molecule has 0 aromatic heterocycles. The van der Waals surface area contributed by atoms with E-state index in [0.29, 0.717) is 19.4 Å². The third-order valence-electron chi connectivity index (χ3n) is 2.77. The molecule has 0 bridgehead atoms. The molecule has 1 unspecified atom stereocenters. The van der Waals surface area contributed by atoms with Gasteiger partial charge < -0.3 is 10.5 Å². The first-order valence-corrected chi connectivity index (χ1v) is 6.97. The van der Waals surface area contributed by atoms with Crippen LogP contribution >= 0.6 is 0 Å². The van der Waals surface area contributed by atoms with Crippen molar-refractivity contribution in [2.45, 2.75) is 64.3 Å². The van der Waals surface area contributed by atoms with Gasteiger partial charge in [-0.05, 0) is 18.9 Å². The third kappa shape index (κ3) is 11.4. The molecule has 2 N–H and O–H groups in total. The quantitative estimate of drug-likeness (QED) is 0.349. The number of unbranched alkanes of at least 4 members (excludes halogenated alkanes) is 5. The second-order valence-corrected chi connectivity index (χ2v) is 4.56. The Morgan fingerprint density at radius 2 is 2.00 bits per heavy atom. The molecule has 0 radical (unpaired) electrons. The molecule has 0 aliphatic rings. The second-order valence-electron chi connectivity index (χ2n) is 4.56. The number of hydrogen-bond donors (Lipinski definition) is 1. The summed E-state index contributed by atoms with van der Waals surface area (Å²) in [5, 5.41) is 0. The van der Waals surface area contributed by atoms with E-state index in [0.717, 1.165) is 12.8 Å². The van der Waals surface area contributed by atoms with Crippen LogP contribution in [0.5, 0.6) is 0 Å². The number of esters is 1. The lowest BCUT2D eigenvalue weighted by atomic mass is 10.1. The highest BCUT2D eigenvalue weighted by atomic mass is 16.5. The largest absolute Gasteiger partial charge is 0.466 e. The van der Waals surface area contributed by atoms with Crippen LogP contribution in [-0.2, 0) is 9.53 Å². The molecule has 0 aromatic rings. The van der Waals surface area contributed by atoms with Crippen molar-refractivity contribution < 1.29 is 9.53 Å². The van der Waals surface area contributed by atoms with Gasteiger partial charge in [-0.1, -0.05) is 45.6 Å². The van der Waals surface area contributed by atoms with Crippen molar-refractivity contribution in [2.75, 3.05) is 6.61 Å². The molecule has 0 fully saturated rings. The van der Waals surface area contributed by atoms with E-state index in [-0.39, 0.29) is 12.0 Å². The maximum absolute atomic E-state index is 11.4. The minimum Gasteiger partial charge on any atom is -0.466 e. The van der Waals surface area contributed by atoms with Crippen LogP contribution in [0.2, 0.25) is 0 Å². The van der Waals surface area contributed by atoms with E-state index in [1.807, 2.05) is 0 Å². The van der Waals surface area contributed by atoms with E-state index in [4.69, 9.17) is 10.5 Å². The molecule has 0 saturated carbocycles. The first-order chi connectivity index (χ1) is 8.70. The van der Waals surface area contributed by atoms with Crippen molar-refractivity contribution in [3.8, 4) is 0 Å². The summed E-state index contributed by atoms with van der Waals surface area (Å²) in [6, 6.07) is -0.149. The molecule has 3 heteroatoms. The van der Waals surface area contributed by atoms with Gasteiger partial charge in [0.25, 0.3) is 0 Å². The number of nitrogens with two attached hydrogens (primary N) is 1. The monoisotopic (exact) mass is 253 g/mol. The van der Waals surface area contributed by atoms with Crippen molar-refractivity contribution in [3.05, 3.63) is 18.4 Å². The van der Waals surface area contributed by atoms with Crippen LogP contribution in [-0.4, -0.2) is 18.6 Å². The number of hydrogen-bond acceptors (Lipinski definition) is 3. The molecular weight excluding hydrogens is 226 g/mol. The Kier molecular flexibility index (Phi) is 11.7. The maximum Gasteiger partial charge on any atom is 0.305 e. The Hall–Kier alpha value is -1.05. The van der Waals surface area contributed by atoms with Crippen molar-refractivity contribution in [1.29, 1.82) is 0 Å². The molecule has 0 aromatic carbocycles. The van der Waals surface area contributed by atoms with Crippen LogP contribution in [0.3, 0.4) is 0 Å². The molecule has 0 heterocycles. The smallest absolute Gasteiger partial charge is 0.305 e. The fraction of sp³-hybridized carbons (Fsp3) is 0.733. The lowest BCUT2D eigenvalue weighted by molar-refractivity contribution is -0.143. The summed E-state index contributed by atoms with van der Waals surface area (Å²) in [6.07, 6.45) is 9.82. The standard InChI is InChI=1S/C15H27NO2/c1-3-5-6-7-8-9-13-18-15(17)12-11-14(16)10-4-2/h10,14H,2-3,5-9,11-13,16H2,1H3. The second kappa shape index (κ2) is 12.4. The first-order valence-electron chi connectivity index (χ1n) is 6.97. The minimum atomic E-state index is -0.156. The normalized spacial score (nSPS) is 11.7. The zero-order valence-electron chi connectivity index (χ0n) is 11.6. The van der Waals surface area contributed by atoms with Gasteiger partial charge in [0.2, 0.25) is 0 Å². The fourth-order valence-corrected chi connectivity index (χ4v) is 1.66. The molecule has 0 saturated heterocycles. The van der Waals surface area contributed by atoms with Crippen LogP contribution in [0.1, 0.15) is 58.3 Å². The summed E-state index contributed by atoms with van der Waals surface area (Å²) in [7, 11) is 0. The Bertz CT molecular complexity index is 257. The van der Waals surface area contributed by atoms with Gasteiger partial charge in [-0.3, -0.25) is 4.79 Å². The number of carbonyl (C=O) groups excluding carboxylic acids is 1. The van der Waals surface area contributed by atoms with E-state index >= 15 is 0 Å². The summed E-state index contributed by atoms with van der Waals surface area (Å²) in [4.78, 5) is 11.4. The van der Waals surface area contributed by atoms with E-state index in [1.54, 1.807) is 6.08 Å². The predicted molar refractivity (Wildman–Crippen MR) is 75.3 cm³/mol. The maximum atomic E-state index is 11.4. The summed E-state index contributed by atoms with van der Waals surface area (Å²) in [6.45, 7) is 6.18. The molecule has 18 heavy (non-hydrogen) atoms. The van der Waals surface area contributed by atoms with Gasteiger partial charge in [-0.2, -0.15) is 0 Å². The van der Waals surface area contributed by atoms with Crippen molar-refractivity contribution in [3.63, 3.8) is 0 Å². The van der Waals surface area contributed by atoms with Crippen molar-refractivity contribution in [2.24, 2.45) is 5.73 Å². The molecule has 3 nitrogen and oxygen atoms in total. The van der Waals surface area contributed by atoms with Crippen LogP contribution in [0.15, 0.2) is 18.4 Å². The predicted octanol–water partition coefficient (Wildman–Crippen LogP) is 3.34. The van der Waals surface area contributed by atoms with Crippen LogP contribution in [0, 0.1) is 0 Å². The van der Waals surface area contributed by atoms with Gasteiger partial charge >= 0.3 is 5.97 Å². The number of ether oxygens (including phenoxy) is 1. The lowest BCUT2D eigenvalue weighted by Crippen LogP contribution is -2.18. The number of carbonyl (C=O) groups is 1. The van der Waals surface area contributed by atoms with Gasteiger partial charge in [0, 0.05) is 12.5 Å². The van der Waals surface area contributed by atoms with E-state index in [1.165, 1.54) is 25.7 Å². The molecule has 1 atom stereocenters. The molecule has 104 valence electrons. The summed E-state index contributed by atoms with van der Waals surface area (Å²) >= 11 is 0. The van der Waals surface area contributed by atoms with Gasteiger partial charge in [-0.25, -0.2) is 0 Å². The molecule has 0 amide bonds. The summed E-state index contributed by atoms with van der Waals surface area (Å²) in [5.41, 5.74) is 8.31. The Labute approximate surface area is 111 Å². The molecular formula is C15H27NO2. The average Bonchev–Trinajstić information content (AvgIpc) is 2.35. The molecule has 0 spiro atoms. The van der Waals surface area contributed by atoms with E-state index < -0.39 is 0 Å². The zero-order valence-corrected chi connectivity index (χ0v) is 11.6. The first kappa shape index (κ1) is 16.9. The SMILES string of the molecule is C=C=CC(N)CCC(=O)OCCCCCCCC. The summed E-state index contributed by atoms with van der Waals surface area (Å²) in [5.74, 6) is -0.156. The Morgan fingerprint density at radius 1 is 1.33 bits per heavy atom. The topological polar surface area (TPSA) is 52.3 Å². The number of rotatable bonds is 11. The average molecular weight is 253 g/mol. The highest BCUT2D eigenvalue weighted by Crippen LogP contribution is 2.05. The van der Waals surface area contributed by atoms with Crippen LogP contribution in [0.25, 0.3) is 0 Å². The Morgan fingerprint density at radius 3 is 2.67 bits per heavy atom. The molecule has 0 aliphatic heterocycles. The van der Waals surface area contributed by atoms with E-state index in [2.05, 4.69) is 19.2 Å². The molecule has 0 rings (SSSR count). The Balaban J connectivity index is 3.34. The van der Waals surface area contributed by atoms with Crippen molar-refractivity contribution in [1.82, 2.24) is 0 Å². The highest BCUT2D eigenvalue weighted by molar-refractivity contribution is 5.69. The highest BCUT2D eigenvalue weighted by Gasteiger charge is 2.05. The van der Waals surface area contributed by atoms with Gasteiger partial charge in [0.05, 0.1) is 6.61 Å². The minimum absolute atomic E-state index is 0.149. The van der Waals surface area contributed by atoms with Gasteiger partial charge in [-0.15, -0.1) is 5.73 Å². The fourth-order valence-electron chi connectivity index (χ4n) is 1.66. The van der Waals surface area contributed by atoms with Crippen LogP contribution < -0.4 is 5.73 Å². The van der Waals surface area contributed by atoms with Gasteiger partial charge in [0.1, 0.15) is 0 Å². The van der Waals surface area contributed by atoms with Crippen LogP contribution in [0.4, 0.5) is 0 Å². The third-order valence-corrected chi connectivity index (χ3v) is 2.77. The lowest BCUT2D eigenvalue weighted by Gasteiger charge is -2.06. The van der Waals surface area contributed by atoms with E-state index in [9.17, 15) is 4.79 Å².